The van der Waals surface area contributed by atoms with E-state index in [1.54, 1.807) is 0 Å². The molecule has 1 heterocycles. The monoisotopic (exact) mass is 324 g/mol. The lowest BCUT2D eigenvalue weighted by Crippen LogP contribution is -2.11. The van der Waals surface area contributed by atoms with Gasteiger partial charge in [-0.15, -0.1) is 0 Å². The van der Waals surface area contributed by atoms with Crippen molar-refractivity contribution >= 4 is 43.5 Å². The van der Waals surface area contributed by atoms with Crippen LogP contribution >= 0.6 is 0 Å². The Labute approximate surface area is 146 Å². The van der Waals surface area contributed by atoms with Gasteiger partial charge in [0.25, 0.3) is 0 Å². The van der Waals surface area contributed by atoms with Crippen molar-refractivity contribution in [2.24, 2.45) is 0 Å². The Morgan fingerprint density at radius 2 is 1.28 bits per heavy atom. The van der Waals surface area contributed by atoms with Crippen LogP contribution in [0.15, 0.2) is 71.1 Å². The first kappa shape index (κ1) is 14.5. The topological polar surface area (TPSA) is 13.1 Å². The summed E-state index contributed by atoms with van der Waals surface area (Å²) in [5, 5.41) is 7.29. The van der Waals surface area contributed by atoms with Gasteiger partial charge in [-0.05, 0) is 33.9 Å². The van der Waals surface area contributed by atoms with E-state index in [0.29, 0.717) is 0 Å². The third-order valence-electron chi connectivity index (χ3n) is 5.16. The minimum Gasteiger partial charge on any atom is -0.455 e. The van der Waals surface area contributed by atoms with Crippen molar-refractivity contribution in [3.05, 3.63) is 72.3 Å². The quantitative estimate of drug-likeness (QED) is 0.294. The third kappa shape index (κ3) is 2.02. The van der Waals surface area contributed by atoms with E-state index < -0.39 is 0 Å². The molecule has 0 unspecified atom stereocenters. The molecule has 0 radical (unpaired) electrons. The second-order valence-corrected chi connectivity index (χ2v) is 7.86. The van der Waals surface area contributed by atoms with Gasteiger partial charge >= 0.3 is 0 Å². The normalized spacial score (nSPS) is 12.6. The Morgan fingerprint density at radius 1 is 0.640 bits per heavy atom. The van der Waals surface area contributed by atoms with Gasteiger partial charge in [0.15, 0.2) is 0 Å². The lowest BCUT2D eigenvalue weighted by Gasteiger charge is -2.21. The van der Waals surface area contributed by atoms with Crippen molar-refractivity contribution in [2.45, 2.75) is 26.2 Å². The van der Waals surface area contributed by atoms with E-state index >= 15 is 0 Å². The molecular formula is C24H20O. The van der Waals surface area contributed by atoms with Crippen molar-refractivity contribution in [2.75, 3.05) is 0 Å². The van der Waals surface area contributed by atoms with E-state index in [1.807, 2.05) is 0 Å². The van der Waals surface area contributed by atoms with Crippen LogP contribution in [0.5, 0.6) is 0 Å². The summed E-state index contributed by atoms with van der Waals surface area (Å²) in [5.41, 5.74) is 3.39. The fourth-order valence-corrected chi connectivity index (χ4v) is 3.93. The van der Waals surface area contributed by atoms with E-state index in [9.17, 15) is 0 Å². The average molecular weight is 324 g/mol. The van der Waals surface area contributed by atoms with Crippen molar-refractivity contribution in [1.82, 2.24) is 0 Å². The number of rotatable bonds is 0. The Bertz CT molecular complexity index is 1270. The second-order valence-electron chi connectivity index (χ2n) is 7.86. The molecule has 0 atom stereocenters. The molecule has 0 saturated carbocycles. The van der Waals surface area contributed by atoms with Gasteiger partial charge in [0.1, 0.15) is 11.2 Å². The summed E-state index contributed by atoms with van der Waals surface area (Å²) in [4.78, 5) is 0. The Balaban J connectivity index is 2.10. The Kier molecular flexibility index (Phi) is 2.82. The molecule has 0 fully saturated rings. The number of hydrogen-bond acceptors (Lipinski definition) is 1. The lowest BCUT2D eigenvalue weighted by molar-refractivity contribution is 0.595. The summed E-state index contributed by atoms with van der Waals surface area (Å²) in [6, 6.07) is 23.7. The summed E-state index contributed by atoms with van der Waals surface area (Å²) < 4.78 is 6.51. The molecular weight excluding hydrogens is 304 g/mol. The van der Waals surface area contributed by atoms with E-state index in [4.69, 9.17) is 4.42 Å². The maximum atomic E-state index is 6.51. The van der Waals surface area contributed by atoms with Crippen LogP contribution in [-0.2, 0) is 5.41 Å². The highest BCUT2D eigenvalue weighted by Crippen LogP contribution is 2.42. The van der Waals surface area contributed by atoms with Crippen molar-refractivity contribution in [3.63, 3.8) is 0 Å². The van der Waals surface area contributed by atoms with Crippen LogP contribution in [0.3, 0.4) is 0 Å². The van der Waals surface area contributed by atoms with Crippen LogP contribution in [0.4, 0.5) is 0 Å². The first-order valence-corrected chi connectivity index (χ1v) is 8.80. The predicted octanol–water partition coefficient (Wildman–Crippen LogP) is 7.19. The average Bonchev–Trinajstić information content (AvgIpc) is 3.00. The minimum atomic E-state index is 0.0464. The number of fused-ring (bicyclic) bond motifs is 7. The first-order chi connectivity index (χ1) is 12.0. The molecule has 1 heteroatoms. The molecule has 5 aromatic rings. The van der Waals surface area contributed by atoms with Crippen molar-refractivity contribution < 1.29 is 4.42 Å². The molecule has 0 amide bonds. The predicted molar refractivity (Wildman–Crippen MR) is 107 cm³/mol. The molecule has 0 N–H and O–H groups in total. The van der Waals surface area contributed by atoms with E-state index in [0.717, 1.165) is 11.2 Å². The third-order valence-corrected chi connectivity index (χ3v) is 5.16. The molecule has 1 nitrogen and oxygen atoms in total. The molecule has 0 saturated heterocycles. The molecule has 4 aromatic carbocycles. The highest BCUT2D eigenvalue weighted by molar-refractivity contribution is 6.21. The molecule has 5 rings (SSSR count). The standard InChI is InChI=1S/C24H20O/c1-24(2,3)20-14-16-9-5-7-11-18(16)23-21(20)19-13-12-15-8-4-6-10-17(15)22(19)25-23/h4-14H,1-3H3. The summed E-state index contributed by atoms with van der Waals surface area (Å²) in [6.07, 6.45) is 0. The second kappa shape index (κ2) is 4.86. The zero-order valence-electron chi connectivity index (χ0n) is 14.8. The van der Waals surface area contributed by atoms with Gasteiger partial charge in [-0.3, -0.25) is 0 Å². The molecule has 25 heavy (non-hydrogen) atoms. The largest absolute Gasteiger partial charge is 0.455 e. The van der Waals surface area contributed by atoms with E-state index in [-0.39, 0.29) is 5.41 Å². The van der Waals surface area contributed by atoms with Crippen LogP contribution in [0.1, 0.15) is 26.3 Å². The van der Waals surface area contributed by atoms with Crippen LogP contribution in [0, 0.1) is 0 Å². The molecule has 0 bridgehead atoms. The van der Waals surface area contributed by atoms with Crippen LogP contribution in [0.2, 0.25) is 0 Å². The summed E-state index contributed by atoms with van der Waals surface area (Å²) in [5.74, 6) is 0. The van der Waals surface area contributed by atoms with Gasteiger partial charge in [0, 0.05) is 21.5 Å². The maximum Gasteiger partial charge on any atom is 0.143 e. The Morgan fingerprint density at radius 3 is 2.00 bits per heavy atom. The highest BCUT2D eigenvalue weighted by Gasteiger charge is 2.23. The summed E-state index contributed by atoms with van der Waals surface area (Å²) in [7, 11) is 0. The van der Waals surface area contributed by atoms with Gasteiger partial charge < -0.3 is 4.42 Å². The van der Waals surface area contributed by atoms with Crippen molar-refractivity contribution in [3.8, 4) is 0 Å². The first-order valence-electron chi connectivity index (χ1n) is 8.80. The zero-order valence-corrected chi connectivity index (χ0v) is 14.8. The molecule has 0 spiro atoms. The van der Waals surface area contributed by atoms with Gasteiger partial charge in [-0.2, -0.15) is 0 Å². The summed E-state index contributed by atoms with van der Waals surface area (Å²) >= 11 is 0. The number of benzene rings is 4. The smallest absolute Gasteiger partial charge is 0.143 e. The van der Waals surface area contributed by atoms with Crippen LogP contribution < -0.4 is 0 Å². The lowest BCUT2D eigenvalue weighted by atomic mass is 9.82. The fourth-order valence-electron chi connectivity index (χ4n) is 3.93. The fraction of sp³-hybridized carbons (Fsp3) is 0.167. The summed E-state index contributed by atoms with van der Waals surface area (Å²) in [6.45, 7) is 6.82. The number of hydrogen-bond donors (Lipinski definition) is 0. The molecule has 0 aliphatic heterocycles. The van der Waals surface area contributed by atoms with Gasteiger partial charge in [0.05, 0.1) is 0 Å². The minimum absolute atomic E-state index is 0.0464. The van der Waals surface area contributed by atoms with Crippen molar-refractivity contribution in [1.29, 1.82) is 0 Å². The van der Waals surface area contributed by atoms with Crippen LogP contribution in [-0.4, -0.2) is 0 Å². The van der Waals surface area contributed by atoms with E-state index in [2.05, 4.69) is 87.5 Å². The van der Waals surface area contributed by atoms with Gasteiger partial charge in [-0.25, -0.2) is 0 Å². The zero-order chi connectivity index (χ0) is 17.2. The maximum absolute atomic E-state index is 6.51. The van der Waals surface area contributed by atoms with Gasteiger partial charge in [0.2, 0.25) is 0 Å². The number of furan rings is 1. The molecule has 0 aliphatic carbocycles. The van der Waals surface area contributed by atoms with Crippen LogP contribution in [0.25, 0.3) is 43.5 Å². The van der Waals surface area contributed by atoms with E-state index in [1.165, 1.54) is 37.9 Å². The van der Waals surface area contributed by atoms with Gasteiger partial charge in [-0.1, -0.05) is 75.4 Å². The molecule has 1 aromatic heterocycles. The Hall–Kier alpha value is -2.80. The highest BCUT2D eigenvalue weighted by atomic mass is 16.3. The SMILES string of the molecule is CC(C)(C)c1cc2ccccc2c2oc3c4ccccc4ccc3c12. The molecule has 0 aliphatic rings. The molecule has 122 valence electrons.